The van der Waals surface area contributed by atoms with E-state index in [1.807, 2.05) is 54.7 Å². The molecule has 0 atom stereocenters. The summed E-state index contributed by atoms with van der Waals surface area (Å²) in [5.41, 5.74) is 3.31. The number of rotatable bonds is 4. The Morgan fingerprint density at radius 3 is 2.33 bits per heavy atom. The van der Waals surface area contributed by atoms with Crippen LogP contribution in [0, 0.1) is 0 Å². The molecule has 0 fully saturated rings. The molecular weight excluding hydrogens is 326 g/mol. The van der Waals surface area contributed by atoms with Gasteiger partial charge in [-0.05, 0) is 17.2 Å². The fraction of sp³-hybridized carbons (Fsp3) is 0.0556. The minimum Gasteiger partial charge on any atom is -0.438 e. The molecule has 0 radical (unpaired) electrons. The fourth-order valence-corrected chi connectivity index (χ4v) is 2.41. The quantitative estimate of drug-likeness (QED) is 0.590. The number of pyridine rings is 1. The van der Waals surface area contributed by atoms with Crippen LogP contribution in [0.1, 0.15) is 5.56 Å². The van der Waals surface area contributed by atoms with Gasteiger partial charge in [0, 0.05) is 23.2 Å². The number of aromatic nitrogens is 1. The third kappa shape index (κ3) is 3.31. The molecule has 0 N–H and O–H groups in total. The van der Waals surface area contributed by atoms with Gasteiger partial charge in [0.2, 0.25) is 5.88 Å². The van der Waals surface area contributed by atoms with Crippen LogP contribution in [-0.4, -0.2) is 4.98 Å². The smallest absolute Gasteiger partial charge is 0.219 e. The van der Waals surface area contributed by atoms with Crippen molar-refractivity contribution in [2.24, 2.45) is 0 Å². The van der Waals surface area contributed by atoms with Crippen molar-refractivity contribution < 1.29 is 4.74 Å². The highest BCUT2D eigenvalue weighted by molar-refractivity contribution is 9.08. The molecule has 0 spiro atoms. The van der Waals surface area contributed by atoms with Crippen LogP contribution in [0.15, 0.2) is 72.9 Å². The van der Waals surface area contributed by atoms with E-state index < -0.39 is 0 Å². The summed E-state index contributed by atoms with van der Waals surface area (Å²) in [6.07, 6.45) is 1.81. The van der Waals surface area contributed by atoms with E-state index in [1.165, 1.54) is 0 Å². The Labute approximate surface area is 132 Å². The van der Waals surface area contributed by atoms with Gasteiger partial charge in [0.25, 0.3) is 0 Å². The van der Waals surface area contributed by atoms with E-state index in [-0.39, 0.29) is 0 Å². The predicted molar refractivity (Wildman–Crippen MR) is 88.8 cm³/mol. The molecule has 0 bridgehead atoms. The van der Waals surface area contributed by atoms with Gasteiger partial charge in [-0.3, -0.25) is 0 Å². The average Bonchev–Trinajstić information content (AvgIpc) is 2.57. The molecule has 0 aliphatic heterocycles. The molecule has 0 amide bonds. The summed E-state index contributed by atoms with van der Waals surface area (Å²) >= 11 is 3.41. The summed E-state index contributed by atoms with van der Waals surface area (Å²) in [6, 6.07) is 22.1. The van der Waals surface area contributed by atoms with E-state index in [4.69, 9.17) is 4.74 Å². The second-order valence-electron chi connectivity index (χ2n) is 4.60. The lowest BCUT2D eigenvalue weighted by atomic mass is 10.1. The number of benzene rings is 2. The average molecular weight is 340 g/mol. The molecule has 2 aromatic carbocycles. The summed E-state index contributed by atoms with van der Waals surface area (Å²) in [5.74, 6) is 1.41. The van der Waals surface area contributed by atoms with Crippen LogP contribution in [-0.2, 0) is 5.33 Å². The minimum atomic E-state index is 0.600. The Hall–Kier alpha value is -2.13. The number of para-hydroxylation sites is 1. The summed E-state index contributed by atoms with van der Waals surface area (Å²) in [6.45, 7) is 0. The van der Waals surface area contributed by atoms with Crippen LogP contribution in [0.2, 0.25) is 0 Å². The van der Waals surface area contributed by atoms with E-state index in [0.29, 0.717) is 5.88 Å². The zero-order chi connectivity index (χ0) is 14.5. The standard InChI is InChI=1S/C18H14BrNO/c19-12-14-10-11-18(20-13-14)21-17-9-5-4-8-16(17)15-6-2-1-3-7-15/h1-11,13H,12H2. The summed E-state index contributed by atoms with van der Waals surface area (Å²) in [5, 5.41) is 0.793. The molecule has 104 valence electrons. The third-order valence-electron chi connectivity index (χ3n) is 3.14. The number of halogens is 1. The second-order valence-corrected chi connectivity index (χ2v) is 5.16. The lowest BCUT2D eigenvalue weighted by Gasteiger charge is -2.10. The zero-order valence-corrected chi connectivity index (χ0v) is 13.0. The maximum atomic E-state index is 5.94. The molecule has 1 aromatic heterocycles. The van der Waals surface area contributed by atoms with E-state index in [0.717, 1.165) is 27.8 Å². The van der Waals surface area contributed by atoms with E-state index >= 15 is 0 Å². The van der Waals surface area contributed by atoms with Crippen molar-refractivity contribution in [2.45, 2.75) is 5.33 Å². The van der Waals surface area contributed by atoms with Crippen molar-refractivity contribution in [3.63, 3.8) is 0 Å². The molecule has 3 heteroatoms. The first-order valence-electron chi connectivity index (χ1n) is 6.70. The van der Waals surface area contributed by atoms with Gasteiger partial charge in [0.05, 0.1) is 0 Å². The van der Waals surface area contributed by atoms with Gasteiger partial charge in [0.1, 0.15) is 5.75 Å². The third-order valence-corrected chi connectivity index (χ3v) is 3.79. The molecule has 0 unspecified atom stereocenters. The first-order valence-corrected chi connectivity index (χ1v) is 7.82. The summed E-state index contributed by atoms with van der Waals surface area (Å²) in [7, 11) is 0. The number of nitrogens with zero attached hydrogens (tertiary/aromatic N) is 1. The van der Waals surface area contributed by atoms with Crippen LogP contribution in [0.25, 0.3) is 11.1 Å². The van der Waals surface area contributed by atoms with E-state index in [2.05, 4.69) is 39.1 Å². The van der Waals surface area contributed by atoms with Gasteiger partial charge >= 0.3 is 0 Å². The number of hydrogen-bond donors (Lipinski definition) is 0. The molecule has 21 heavy (non-hydrogen) atoms. The molecule has 0 saturated carbocycles. The molecular formula is C18H14BrNO. The Bertz CT molecular complexity index is 711. The predicted octanol–water partition coefficient (Wildman–Crippen LogP) is 5.44. The number of hydrogen-bond acceptors (Lipinski definition) is 2. The normalized spacial score (nSPS) is 10.3. The first-order chi connectivity index (χ1) is 10.4. The largest absolute Gasteiger partial charge is 0.438 e. The molecule has 2 nitrogen and oxygen atoms in total. The van der Waals surface area contributed by atoms with Crippen LogP contribution in [0.4, 0.5) is 0 Å². The van der Waals surface area contributed by atoms with Gasteiger partial charge in [-0.2, -0.15) is 0 Å². The molecule has 3 aromatic rings. The van der Waals surface area contributed by atoms with Crippen molar-refractivity contribution in [1.29, 1.82) is 0 Å². The maximum absolute atomic E-state index is 5.94. The number of alkyl halides is 1. The summed E-state index contributed by atoms with van der Waals surface area (Å²) in [4.78, 5) is 4.33. The molecule has 0 saturated heterocycles. The molecule has 0 aliphatic rings. The second kappa shape index (κ2) is 6.55. The monoisotopic (exact) mass is 339 g/mol. The highest BCUT2D eigenvalue weighted by Crippen LogP contribution is 2.32. The Morgan fingerprint density at radius 2 is 1.62 bits per heavy atom. The summed E-state index contributed by atoms with van der Waals surface area (Å²) < 4.78 is 5.94. The van der Waals surface area contributed by atoms with Crippen molar-refractivity contribution >= 4 is 15.9 Å². The Kier molecular flexibility index (Phi) is 4.31. The lowest BCUT2D eigenvalue weighted by molar-refractivity contribution is 0.464. The van der Waals surface area contributed by atoms with E-state index in [9.17, 15) is 0 Å². The van der Waals surface area contributed by atoms with Crippen molar-refractivity contribution in [3.8, 4) is 22.8 Å². The zero-order valence-electron chi connectivity index (χ0n) is 11.4. The van der Waals surface area contributed by atoms with Crippen molar-refractivity contribution in [1.82, 2.24) is 4.98 Å². The van der Waals surface area contributed by atoms with Gasteiger partial charge in [-0.25, -0.2) is 4.98 Å². The SMILES string of the molecule is BrCc1ccc(Oc2ccccc2-c2ccccc2)nc1. The van der Waals surface area contributed by atoms with Gasteiger partial charge in [0.15, 0.2) is 0 Å². The van der Waals surface area contributed by atoms with Crippen LogP contribution >= 0.6 is 15.9 Å². The molecule has 1 heterocycles. The molecule has 0 aliphatic carbocycles. The highest BCUT2D eigenvalue weighted by Gasteiger charge is 2.07. The van der Waals surface area contributed by atoms with Crippen LogP contribution < -0.4 is 4.74 Å². The van der Waals surface area contributed by atoms with Gasteiger partial charge < -0.3 is 4.74 Å². The molecule has 3 rings (SSSR count). The maximum Gasteiger partial charge on any atom is 0.219 e. The van der Waals surface area contributed by atoms with E-state index in [1.54, 1.807) is 0 Å². The van der Waals surface area contributed by atoms with Gasteiger partial charge in [-0.15, -0.1) is 0 Å². The number of ether oxygens (including phenoxy) is 1. The fourth-order valence-electron chi connectivity index (χ4n) is 2.07. The topological polar surface area (TPSA) is 22.1 Å². The van der Waals surface area contributed by atoms with Crippen LogP contribution in [0.5, 0.6) is 11.6 Å². The van der Waals surface area contributed by atoms with Crippen LogP contribution in [0.3, 0.4) is 0 Å². The van der Waals surface area contributed by atoms with Crippen molar-refractivity contribution in [2.75, 3.05) is 0 Å². The minimum absolute atomic E-state index is 0.600. The Balaban J connectivity index is 1.92. The Morgan fingerprint density at radius 1 is 0.857 bits per heavy atom. The first kappa shape index (κ1) is 13.8. The highest BCUT2D eigenvalue weighted by atomic mass is 79.9. The van der Waals surface area contributed by atoms with Crippen molar-refractivity contribution in [3.05, 3.63) is 78.5 Å². The van der Waals surface area contributed by atoms with Gasteiger partial charge in [-0.1, -0.05) is 70.5 Å². The lowest BCUT2D eigenvalue weighted by Crippen LogP contribution is -1.91.